The Hall–Kier alpha value is -3.28. The number of ether oxygens (including phenoxy) is 2. The van der Waals surface area contributed by atoms with Crippen molar-refractivity contribution in [2.45, 2.75) is 44.9 Å². The number of carbonyl (C=O) groups is 1. The lowest BCUT2D eigenvalue weighted by Crippen LogP contribution is -2.52. The molecule has 0 unspecified atom stereocenters. The predicted octanol–water partition coefficient (Wildman–Crippen LogP) is 3.70. The van der Waals surface area contributed by atoms with Gasteiger partial charge in [0.25, 0.3) is 5.69 Å². The fourth-order valence-corrected chi connectivity index (χ4v) is 4.86. The summed E-state index contributed by atoms with van der Waals surface area (Å²) < 4.78 is 12.8. The molecule has 5 rings (SSSR count). The number of anilines is 1. The van der Waals surface area contributed by atoms with E-state index >= 15 is 0 Å². The van der Waals surface area contributed by atoms with E-state index in [1.54, 1.807) is 6.07 Å². The van der Waals surface area contributed by atoms with Gasteiger partial charge in [0.15, 0.2) is 5.65 Å². The topological polar surface area (TPSA) is 125 Å². The molecule has 1 amide bonds. The van der Waals surface area contributed by atoms with Gasteiger partial charge in [0.2, 0.25) is 0 Å². The van der Waals surface area contributed by atoms with Crippen LogP contribution in [-0.2, 0) is 22.5 Å². The van der Waals surface area contributed by atoms with Gasteiger partial charge in [-0.25, -0.2) is 19.3 Å². The highest BCUT2D eigenvalue weighted by molar-refractivity contribution is 6.32. The molecule has 12 heteroatoms. The van der Waals surface area contributed by atoms with E-state index in [0.29, 0.717) is 48.9 Å². The maximum Gasteiger partial charge on any atom is 0.328 e. The zero-order valence-corrected chi connectivity index (χ0v) is 20.6. The number of morpholine rings is 1. The number of benzene rings is 1. The van der Waals surface area contributed by atoms with E-state index in [-0.39, 0.29) is 35.4 Å². The molecule has 1 saturated carbocycles. The standard InChI is InChI=1S/C24H27ClN6O5/c1-2-18-19(25)12-26-23-22(18)27-14-30(23)24(32)28-20-3-4-21(20)36-13-15-9-16(11-17(10-15)31(33)34)29-5-7-35-8-6-29/h9-12,14,20-21H,2-8,13H2,1H3,(H,28,32)/t20-,21-/m1/s1. The molecule has 3 heterocycles. The second-order valence-corrected chi connectivity index (χ2v) is 9.33. The van der Waals surface area contributed by atoms with Gasteiger partial charge in [-0.3, -0.25) is 10.1 Å². The minimum Gasteiger partial charge on any atom is -0.378 e. The van der Waals surface area contributed by atoms with Gasteiger partial charge in [-0.2, -0.15) is 0 Å². The van der Waals surface area contributed by atoms with Crippen LogP contribution in [0, 0.1) is 10.1 Å². The molecule has 2 aromatic heterocycles. The number of aromatic nitrogens is 3. The number of nitro benzene ring substituents is 1. The highest BCUT2D eigenvalue weighted by atomic mass is 35.5. The molecule has 0 radical (unpaired) electrons. The maximum absolute atomic E-state index is 13.0. The molecule has 1 aromatic carbocycles. The Morgan fingerprint density at radius 1 is 1.28 bits per heavy atom. The van der Waals surface area contributed by atoms with Gasteiger partial charge < -0.3 is 19.7 Å². The van der Waals surface area contributed by atoms with Crippen molar-refractivity contribution < 1.29 is 19.2 Å². The molecule has 36 heavy (non-hydrogen) atoms. The van der Waals surface area contributed by atoms with Crippen LogP contribution in [0.5, 0.6) is 0 Å². The molecule has 11 nitrogen and oxygen atoms in total. The van der Waals surface area contributed by atoms with E-state index in [4.69, 9.17) is 21.1 Å². The van der Waals surface area contributed by atoms with Crippen LogP contribution in [0.15, 0.2) is 30.7 Å². The molecule has 190 valence electrons. The van der Waals surface area contributed by atoms with Crippen molar-refractivity contribution in [3.8, 4) is 0 Å². The van der Waals surface area contributed by atoms with Gasteiger partial charge in [0.1, 0.15) is 11.8 Å². The quantitative estimate of drug-likeness (QED) is 0.374. The number of nitro groups is 1. The van der Waals surface area contributed by atoms with E-state index in [9.17, 15) is 14.9 Å². The summed E-state index contributed by atoms with van der Waals surface area (Å²) in [5.74, 6) is 0. The molecule has 1 aliphatic heterocycles. The van der Waals surface area contributed by atoms with Crippen LogP contribution in [-0.4, -0.2) is 63.9 Å². The molecule has 2 fully saturated rings. The van der Waals surface area contributed by atoms with Crippen molar-refractivity contribution in [2.24, 2.45) is 0 Å². The Balaban J connectivity index is 1.24. The number of carbonyl (C=O) groups excluding carboxylic acids is 1. The molecule has 0 spiro atoms. The number of aryl methyl sites for hydroxylation is 1. The first-order valence-corrected chi connectivity index (χ1v) is 12.4. The number of nitrogens with one attached hydrogen (secondary N) is 1. The molecule has 3 aromatic rings. The van der Waals surface area contributed by atoms with E-state index in [1.165, 1.54) is 23.2 Å². The molecule has 2 atom stereocenters. The van der Waals surface area contributed by atoms with Crippen LogP contribution in [0.1, 0.15) is 30.9 Å². The summed E-state index contributed by atoms with van der Waals surface area (Å²) in [6.45, 7) is 4.73. The fourth-order valence-electron chi connectivity index (χ4n) is 4.59. The Bertz CT molecular complexity index is 1290. The Morgan fingerprint density at radius 2 is 2.08 bits per heavy atom. The summed E-state index contributed by atoms with van der Waals surface area (Å²) in [7, 11) is 0. The second-order valence-electron chi connectivity index (χ2n) is 8.92. The van der Waals surface area contributed by atoms with Crippen molar-refractivity contribution in [3.63, 3.8) is 0 Å². The van der Waals surface area contributed by atoms with Crippen LogP contribution < -0.4 is 10.2 Å². The number of hydrogen-bond donors (Lipinski definition) is 1. The molecule has 0 bridgehead atoms. The summed E-state index contributed by atoms with van der Waals surface area (Å²) in [5, 5.41) is 15.0. The van der Waals surface area contributed by atoms with Crippen molar-refractivity contribution in [1.29, 1.82) is 0 Å². The highest BCUT2D eigenvalue weighted by Gasteiger charge is 2.34. The smallest absolute Gasteiger partial charge is 0.328 e. The second kappa shape index (κ2) is 10.4. The van der Waals surface area contributed by atoms with Crippen LogP contribution in [0.3, 0.4) is 0 Å². The van der Waals surface area contributed by atoms with Crippen molar-refractivity contribution in [2.75, 3.05) is 31.2 Å². The number of fused-ring (bicyclic) bond motifs is 1. The first-order chi connectivity index (χ1) is 17.4. The lowest BCUT2D eigenvalue weighted by molar-refractivity contribution is -0.384. The summed E-state index contributed by atoms with van der Waals surface area (Å²) in [6.07, 6.45) is 5.04. The third-order valence-electron chi connectivity index (χ3n) is 6.72. The van der Waals surface area contributed by atoms with Gasteiger partial charge in [-0.15, -0.1) is 0 Å². The molecular weight excluding hydrogens is 488 g/mol. The third kappa shape index (κ3) is 4.86. The van der Waals surface area contributed by atoms with E-state index in [0.717, 1.165) is 29.7 Å². The number of amides is 1. The van der Waals surface area contributed by atoms with Crippen molar-refractivity contribution >= 4 is 40.2 Å². The Kier molecular flexibility index (Phi) is 7.04. The van der Waals surface area contributed by atoms with Crippen molar-refractivity contribution in [1.82, 2.24) is 19.9 Å². The fraction of sp³-hybridized carbons (Fsp3) is 0.458. The molecule has 1 aliphatic carbocycles. The van der Waals surface area contributed by atoms with Crippen LogP contribution >= 0.6 is 11.6 Å². The summed E-state index contributed by atoms with van der Waals surface area (Å²) in [6, 6.07) is 4.53. The number of hydrogen-bond acceptors (Lipinski definition) is 8. The average Bonchev–Trinajstić information content (AvgIpc) is 3.31. The predicted molar refractivity (Wildman–Crippen MR) is 134 cm³/mol. The number of halogens is 1. The average molecular weight is 515 g/mol. The summed E-state index contributed by atoms with van der Waals surface area (Å²) in [4.78, 5) is 34.8. The Morgan fingerprint density at radius 3 is 2.78 bits per heavy atom. The van der Waals surface area contributed by atoms with E-state index < -0.39 is 0 Å². The highest BCUT2D eigenvalue weighted by Crippen LogP contribution is 2.29. The largest absolute Gasteiger partial charge is 0.378 e. The van der Waals surface area contributed by atoms with Crippen LogP contribution in [0.2, 0.25) is 5.02 Å². The molecule has 2 aliphatic rings. The number of rotatable bonds is 7. The summed E-state index contributed by atoms with van der Waals surface area (Å²) in [5.41, 5.74) is 3.46. The lowest BCUT2D eigenvalue weighted by Gasteiger charge is -2.36. The molecule has 1 N–H and O–H groups in total. The Labute approximate surface area is 212 Å². The zero-order chi connectivity index (χ0) is 25.2. The van der Waals surface area contributed by atoms with Gasteiger partial charge in [0.05, 0.1) is 41.9 Å². The normalized spacial score (nSPS) is 19.8. The summed E-state index contributed by atoms with van der Waals surface area (Å²) >= 11 is 6.22. The first kappa shape index (κ1) is 24.4. The first-order valence-electron chi connectivity index (χ1n) is 12.0. The monoisotopic (exact) mass is 514 g/mol. The molecule has 1 saturated heterocycles. The minimum absolute atomic E-state index is 0.0297. The van der Waals surface area contributed by atoms with Crippen molar-refractivity contribution in [3.05, 3.63) is 57.0 Å². The number of nitrogens with zero attached hydrogens (tertiary/aromatic N) is 5. The third-order valence-corrected chi connectivity index (χ3v) is 7.05. The van der Waals surface area contributed by atoms with Gasteiger partial charge >= 0.3 is 6.03 Å². The maximum atomic E-state index is 13.0. The van der Waals surface area contributed by atoms with Crippen LogP contribution in [0.4, 0.5) is 16.2 Å². The van der Waals surface area contributed by atoms with E-state index in [1.807, 2.05) is 13.0 Å². The zero-order valence-electron chi connectivity index (χ0n) is 19.9. The van der Waals surface area contributed by atoms with Gasteiger partial charge in [-0.1, -0.05) is 18.5 Å². The SMILES string of the molecule is CCc1c(Cl)cnc2c1ncn2C(=O)N[C@@H]1CC[C@H]1OCc1cc(N2CCOCC2)cc([N+](=O)[O-])c1. The van der Waals surface area contributed by atoms with Gasteiger partial charge in [-0.05, 0) is 30.9 Å². The van der Waals surface area contributed by atoms with Gasteiger partial charge in [0, 0.05) is 42.7 Å². The lowest BCUT2D eigenvalue weighted by atomic mass is 9.89. The van der Waals surface area contributed by atoms with E-state index in [2.05, 4.69) is 20.2 Å². The van der Waals surface area contributed by atoms with Crippen LogP contribution in [0.25, 0.3) is 11.2 Å². The number of pyridine rings is 1. The number of imidazole rings is 1. The number of non-ortho nitro benzene ring substituents is 1. The minimum atomic E-state index is -0.388. The molecular formula is C24H27ClN6O5.